The van der Waals surface area contributed by atoms with Crippen LogP contribution in [0, 0.1) is 5.82 Å². The summed E-state index contributed by atoms with van der Waals surface area (Å²) in [4.78, 5) is 14.2. The van der Waals surface area contributed by atoms with Gasteiger partial charge in [0.25, 0.3) is 0 Å². The smallest absolute Gasteiger partial charge is 0.214 e. The second-order valence-electron chi connectivity index (χ2n) is 7.08. The summed E-state index contributed by atoms with van der Waals surface area (Å²) in [6, 6.07) is 14.4. The molecule has 0 radical (unpaired) electrons. The van der Waals surface area contributed by atoms with E-state index in [1.807, 2.05) is 0 Å². The van der Waals surface area contributed by atoms with Gasteiger partial charge in [-0.1, -0.05) is 0 Å². The fourth-order valence-electron chi connectivity index (χ4n) is 3.54. The van der Waals surface area contributed by atoms with Crippen molar-refractivity contribution in [1.29, 1.82) is 0 Å². The lowest BCUT2D eigenvalue weighted by molar-refractivity contribution is 0.104. The van der Waals surface area contributed by atoms with Gasteiger partial charge in [-0.15, -0.1) is 0 Å². The highest BCUT2D eigenvalue weighted by Crippen LogP contribution is 2.41. The molecule has 0 unspecified atom stereocenters. The van der Waals surface area contributed by atoms with Crippen molar-refractivity contribution in [3.8, 4) is 17.2 Å². The SMILES string of the molecule is COc1ccc(N2C=C(C(=O)c3ccc(OC)c(OC)c3)S(=O)(=O)c3ccc(F)cc32)cc1. The second kappa shape index (κ2) is 8.59. The highest BCUT2D eigenvalue weighted by atomic mass is 32.2. The third-order valence-electron chi connectivity index (χ3n) is 5.23. The number of ketones is 1. The van der Waals surface area contributed by atoms with Crippen molar-refractivity contribution in [1.82, 2.24) is 0 Å². The molecule has 9 heteroatoms. The third-order valence-corrected chi connectivity index (χ3v) is 7.02. The minimum absolute atomic E-state index is 0.0997. The number of anilines is 2. The predicted molar refractivity (Wildman–Crippen MR) is 121 cm³/mol. The first-order chi connectivity index (χ1) is 15.8. The van der Waals surface area contributed by atoms with Gasteiger partial charge in [0.05, 0.1) is 31.9 Å². The molecule has 0 atom stereocenters. The first-order valence-corrected chi connectivity index (χ1v) is 11.2. The summed E-state index contributed by atoms with van der Waals surface area (Å²) in [6.45, 7) is 0. The van der Waals surface area contributed by atoms with Gasteiger partial charge in [0.1, 0.15) is 16.5 Å². The standard InChI is InChI=1S/C24H20FNO6S/c1-30-18-8-6-17(7-9-18)26-14-23(33(28,29)22-11-5-16(25)13-19(22)26)24(27)15-4-10-20(31-2)21(12-15)32-3/h4-14H,1-3H3. The average molecular weight is 469 g/mol. The van der Waals surface area contributed by atoms with Crippen molar-refractivity contribution < 1.29 is 31.8 Å². The Morgan fingerprint density at radius 1 is 0.848 bits per heavy atom. The van der Waals surface area contributed by atoms with Crippen LogP contribution >= 0.6 is 0 Å². The number of benzene rings is 3. The molecule has 0 bridgehead atoms. The summed E-state index contributed by atoms with van der Waals surface area (Å²) in [5.74, 6) is -0.0646. The monoisotopic (exact) mass is 469 g/mol. The van der Waals surface area contributed by atoms with Crippen molar-refractivity contribution in [3.05, 3.63) is 83.1 Å². The van der Waals surface area contributed by atoms with E-state index in [4.69, 9.17) is 14.2 Å². The first-order valence-electron chi connectivity index (χ1n) is 9.76. The molecule has 0 amide bonds. The quantitative estimate of drug-likeness (QED) is 0.388. The first kappa shape index (κ1) is 22.3. The lowest BCUT2D eigenvalue weighted by Gasteiger charge is -2.29. The molecular formula is C24H20FNO6S. The topological polar surface area (TPSA) is 82.1 Å². The fraction of sp³-hybridized carbons (Fsp3) is 0.125. The Morgan fingerprint density at radius 3 is 2.18 bits per heavy atom. The van der Waals surface area contributed by atoms with Gasteiger partial charge in [0.15, 0.2) is 11.5 Å². The molecule has 0 saturated carbocycles. The van der Waals surface area contributed by atoms with E-state index >= 15 is 0 Å². The van der Waals surface area contributed by atoms with E-state index in [1.54, 1.807) is 24.3 Å². The molecule has 0 fully saturated rings. The third kappa shape index (κ3) is 3.91. The number of hydrogen-bond acceptors (Lipinski definition) is 7. The zero-order valence-corrected chi connectivity index (χ0v) is 18.9. The number of ether oxygens (including phenoxy) is 3. The Morgan fingerprint density at radius 2 is 1.55 bits per heavy atom. The Bertz CT molecular complexity index is 1370. The van der Waals surface area contributed by atoms with E-state index in [-0.39, 0.29) is 21.9 Å². The number of fused-ring (bicyclic) bond motifs is 1. The Hall–Kier alpha value is -3.85. The van der Waals surface area contributed by atoms with Crippen LogP contribution in [0.3, 0.4) is 0 Å². The lowest BCUT2D eigenvalue weighted by atomic mass is 10.1. The molecule has 170 valence electrons. The van der Waals surface area contributed by atoms with Gasteiger partial charge in [-0.2, -0.15) is 0 Å². The number of allylic oxidation sites excluding steroid dienone is 1. The van der Waals surface area contributed by atoms with Crippen LogP contribution in [0.1, 0.15) is 10.4 Å². The van der Waals surface area contributed by atoms with Crippen LogP contribution in [0.4, 0.5) is 15.8 Å². The van der Waals surface area contributed by atoms with Gasteiger partial charge < -0.3 is 19.1 Å². The van der Waals surface area contributed by atoms with Crippen LogP contribution in [-0.2, 0) is 9.84 Å². The zero-order chi connectivity index (χ0) is 23.8. The van der Waals surface area contributed by atoms with E-state index in [2.05, 4.69) is 0 Å². The van der Waals surface area contributed by atoms with Crippen molar-refractivity contribution in [2.24, 2.45) is 0 Å². The Kier molecular flexibility index (Phi) is 5.82. The fourth-order valence-corrected chi connectivity index (χ4v) is 5.06. The van der Waals surface area contributed by atoms with Crippen LogP contribution in [0.2, 0.25) is 0 Å². The van der Waals surface area contributed by atoms with Crippen molar-refractivity contribution in [2.45, 2.75) is 4.90 Å². The normalized spacial score (nSPS) is 14.2. The molecule has 4 rings (SSSR count). The summed E-state index contributed by atoms with van der Waals surface area (Å²) in [7, 11) is 0.162. The second-order valence-corrected chi connectivity index (χ2v) is 8.96. The minimum atomic E-state index is -4.23. The van der Waals surface area contributed by atoms with Crippen LogP contribution in [0.5, 0.6) is 17.2 Å². The highest BCUT2D eigenvalue weighted by molar-refractivity contribution is 7.96. The van der Waals surface area contributed by atoms with Crippen LogP contribution in [-0.4, -0.2) is 35.5 Å². The van der Waals surface area contributed by atoms with Crippen molar-refractivity contribution in [2.75, 3.05) is 26.2 Å². The molecule has 0 aromatic heterocycles. The summed E-state index contributed by atoms with van der Waals surface area (Å²) in [5.41, 5.74) is 0.724. The largest absolute Gasteiger partial charge is 0.497 e. The molecule has 1 aliphatic rings. The van der Waals surface area contributed by atoms with Crippen molar-refractivity contribution >= 4 is 27.0 Å². The molecule has 0 saturated heterocycles. The highest BCUT2D eigenvalue weighted by Gasteiger charge is 2.36. The number of carbonyl (C=O) groups is 1. The molecule has 0 spiro atoms. The molecule has 1 aliphatic heterocycles. The molecule has 0 N–H and O–H groups in total. The Labute approximate surface area is 190 Å². The molecular weight excluding hydrogens is 449 g/mol. The maximum atomic E-state index is 14.1. The molecule has 7 nitrogen and oxygen atoms in total. The number of rotatable bonds is 6. The van der Waals surface area contributed by atoms with E-state index in [9.17, 15) is 17.6 Å². The number of sulfone groups is 1. The van der Waals surface area contributed by atoms with Crippen LogP contribution in [0.15, 0.2) is 76.7 Å². The molecule has 1 heterocycles. The van der Waals surface area contributed by atoms with E-state index in [0.717, 1.165) is 18.2 Å². The van der Waals surface area contributed by atoms with E-state index in [0.29, 0.717) is 17.2 Å². The van der Waals surface area contributed by atoms with Gasteiger partial charge in [-0.3, -0.25) is 4.79 Å². The maximum Gasteiger partial charge on any atom is 0.214 e. The summed E-state index contributed by atoms with van der Waals surface area (Å²) in [6.07, 6.45) is 1.21. The van der Waals surface area contributed by atoms with Gasteiger partial charge in [-0.05, 0) is 60.7 Å². The zero-order valence-electron chi connectivity index (χ0n) is 18.0. The predicted octanol–water partition coefficient (Wildman–Crippen LogP) is 4.50. The van der Waals surface area contributed by atoms with Crippen LogP contribution < -0.4 is 19.1 Å². The van der Waals surface area contributed by atoms with Gasteiger partial charge in [0, 0.05) is 17.5 Å². The number of hydrogen-bond donors (Lipinski definition) is 0. The number of carbonyl (C=O) groups excluding carboxylic acids is 1. The lowest BCUT2D eigenvalue weighted by Crippen LogP contribution is -2.26. The maximum absolute atomic E-state index is 14.1. The van der Waals surface area contributed by atoms with E-state index in [1.165, 1.54) is 50.6 Å². The van der Waals surface area contributed by atoms with Gasteiger partial charge in [-0.25, -0.2) is 12.8 Å². The van der Waals surface area contributed by atoms with Gasteiger partial charge in [0.2, 0.25) is 15.6 Å². The molecule has 3 aromatic carbocycles. The molecule has 0 aliphatic carbocycles. The van der Waals surface area contributed by atoms with Crippen LogP contribution in [0.25, 0.3) is 0 Å². The summed E-state index contributed by atoms with van der Waals surface area (Å²) < 4.78 is 56.4. The Balaban J connectivity index is 1.89. The minimum Gasteiger partial charge on any atom is -0.497 e. The number of halogens is 1. The summed E-state index contributed by atoms with van der Waals surface area (Å²) in [5, 5.41) is 0. The van der Waals surface area contributed by atoms with Gasteiger partial charge >= 0.3 is 0 Å². The molecule has 3 aromatic rings. The van der Waals surface area contributed by atoms with E-state index < -0.39 is 26.3 Å². The molecule has 33 heavy (non-hydrogen) atoms. The summed E-state index contributed by atoms with van der Waals surface area (Å²) >= 11 is 0. The number of methoxy groups -OCH3 is 3. The average Bonchev–Trinajstić information content (AvgIpc) is 2.83. The number of nitrogens with zero attached hydrogens (tertiary/aromatic N) is 1. The van der Waals surface area contributed by atoms with Crippen molar-refractivity contribution in [3.63, 3.8) is 0 Å². The number of Topliss-reactive ketones (excluding diaryl/α,β-unsaturated/α-hetero) is 1.